The monoisotopic (exact) mass is 673 g/mol. The maximum atomic E-state index is 14.0. The van der Waals surface area contributed by atoms with E-state index in [0.29, 0.717) is 14.7 Å². The van der Waals surface area contributed by atoms with Crippen molar-refractivity contribution in [2.75, 3.05) is 13.2 Å². The van der Waals surface area contributed by atoms with Gasteiger partial charge in [0.05, 0.1) is 10.9 Å². The Morgan fingerprint density at radius 1 is 0.795 bits per heavy atom. The number of carbonyl (C=O) groups is 1. The third-order valence-electron chi connectivity index (χ3n) is 6.40. The van der Waals surface area contributed by atoms with Crippen LogP contribution in [0.5, 0.6) is 5.75 Å². The van der Waals surface area contributed by atoms with Crippen LogP contribution in [-0.4, -0.2) is 55.2 Å². The minimum Gasteiger partial charge on any atom is -0.421 e. The summed E-state index contributed by atoms with van der Waals surface area (Å²) in [5.41, 5.74) is -0.0447. The van der Waals surface area contributed by atoms with E-state index in [4.69, 9.17) is 14.0 Å². The molecule has 1 heterocycles. The zero-order chi connectivity index (χ0) is 32.8. The molecule has 0 spiro atoms. The second kappa shape index (κ2) is 11.6. The molecular weight excluding hydrogens is 652 g/mol. The van der Waals surface area contributed by atoms with E-state index in [-0.39, 0.29) is 5.56 Å². The molecule has 0 aliphatic carbocycles. The zero-order valence-corrected chi connectivity index (χ0v) is 23.8. The van der Waals surface area contributed by atoms with Crippen LogP contribution in [-0.2, 0) is 41.1 Å². The molecule has 4 rings (SSSR count). The first-order valence-electron chi connectivity index (χ1n) is 12.2. The number of hydrogen-bond donors (Lipinski definition) is 1. The van der Waals surface area contributed by atoms with Crippen molar-refractivity contribution in [3.8, 4) is 5.75 Å². The molecule has 3 aromatic rings. The zero-order valence-electron chi connectivity index (χ0n) is 22.2. The Kier molecular flexibility index (Phi) is 8.86. The average Bonchev–Trinajstić information content (AvgIpc) is 2.96. The topological polar surface area (TPSA) is 99.1 Å². The predicted octanol–water partition coefficient (Wildman–Crippen LogP) is 6.29. The molecule has 0 radical (unpaired) electrons. The summed E-state index contributed by atoms with van der Waals surface area (Å²) in [6.07, 6.45) is 0. The SMILES string of the molecule is CC1(c2ccc([S+](c3ccccc3)c3ccc(OC(=O)C(F)(F)S(=O)(=O)O)cc3)cc2)OCC(F)(F)C(F)(F)C(F)(F)CO1. The van der Waals surface area contributed by atoms with Gasteiger partial charge in [-0.25, -0.2) is 4.79 Å². The highest BCUT2D eigenvalue weighted by molar-refractivity contribution is 7.97. The summed E-state index contributed by atoms with van der Waals surface area (Å²) in [4.78, 5) is 13.4. The summed E-state index contributed by atoms with van der Waals surface area (Å²) in [6, 6.07) is 19.2. The third kappa shape index (κ3) is 6.28. The number of benzene rings is 3. The molecule has 3 aromatic carbocycles. The van der Waals surface area contributed by atoms with Crippen molar-refractivity contribution in [3.63, 3.8) is 0 Å². The lowest BCUT2D eigenvalue weighted by Crippen LogP contribution is -2.61. The van der Waals surface area contributed by atoms with Crippen molar-refractivity contribution in [2.45, 2.75) is 50.4 Å². The first-order chi connectivity index (χ1) is 20.2. The lowest BCUT2D eigenvalue weighted by Gasteiger charge is -2.40. The predicted molar refractivity (Wildman–Crippen MR) is 138 cm³/mol. The van der Waals surface area contributed by atoms with Crippen LogP contribution < -0.4 is 4.74 Å². The van der Waals surface area contributed by atoms with Gasteiger partial charge in [-0.2, -0.15) is 43.5 Å². The first-order valence-corrected chi connectivity index (χ1v) is 14.9. The van der Waals surface area contributed by atoms with E-state index in [0.717, 1.165) is 19.1 Å². The standard InChI is InChI=1S/C27H20F8O7S2/c1-23(40-15-24(28,29)27(34,35)25(30,31)16-41-23)17-7-11-20(12-8-17)43(19-5-3-2-4-6-19)21-13-9-18(10-14-21)42-22(36)26(32,33)44(37,38)39/h2-14H,15-16H2,1H3/p+1. The molecular formula is C27H21F8O7S2+. The van der Waals surface area contributed by atoms with Gasteiger partial charge in [-0.3, -0.25) is 4.55 Å². The number of ether oxygens (including phenoxy) is 3. The number of rotatable bonds is 7. The molecule has 1 atom stereocenters. The largest absolute Gasteiger partial charge is 0.466 e. The Hall–Kier alpha value is -3.25. The van der Waals surface area contributed by atoms with Gasteiger partial charge in [-0.15, -0.1) is 0 Å². The van der Waals surface area contributed by atoms with Gasteiger partial charge in [0.1, 0.15) is 19.0 Å². The molecule has 1 aliphatic rings. The number of carbonyl (C=O) groups excluding carboxylic acids is 1. The molecule has 0 saturated carbocycles. The fourth-order valence-corrected chi connectivity index (χ4v) is 6.20. The van der Waals surface area contributed by atoms with Crippen molar-refractivity contribution >= 4 is 27.0 Å². The van der Waals surface area contributed by atoms with Crippen molar-refractivity contribution in [1.29, 1.82) is 0 Å². The highest BCUT2D eigenvalue weighted by atomic mass is 32.2. The first kappa shape index (κ1) is 33.6. The highest BCUT2D eigenvalue weighted by Gasteiger charge is 2.73. The molecule has 1 aliphatic heterocycles. The van der Waals surface area contributed by atoms with Crippen LogP contribution in [0.2, 0.25) is 0 Å². The molecule has 0 bridgehead atoms. The average molecular weight is 674 g/mol. The maximum Gasteiger partial charge on any atom is 0.466 e. The van der Waals surface area contributed by atoms with Crippen LogP contribution in [0.3, 0.4) is 0 Å². The lowest BCUT2D eigenvalue weighted by molar-refractivity contribution is -0.387. The number of esters is 1. The summed E-state index contributed by atoms with van der Waals surface area (Å²) < 4.78 is 155. The smallest absolute Gasteiger partial charge is 0.421 e. The fraction of sp³-hybridized carbons (Fsp3) is 0.296. The van der Waals surface area contributed by atoms with E-state index in [2.05, 4.69) is 4.74 Å². The van der Waals surface area contributed by atoms with E-state index in [1.165, 1.54) is 36.4 Å². The van der Waals surface area contributed by atoms with Gasteiger partial charge in [0.2, 0.25) is 0 Å². The summed E-state index contributed by atoms with van der Waals surface area (Å²) in [6.45, 7) is -3.09. The van der Waals surface area contributed by atoms with Gasteiger partial charge in [-0.05, 0) is 67.6 Å². The van der Waals surface area contributed by atoms with Gasteiger partial charge in [-0.1, -0.05) is 18.2 Å². The van der Waals surface area contributed by atoms with Gasteiger partial charge >= 0.3 is 39.1 Å². The van der Waals surface area contributed by atoms with Crippen molar-refractivity contribution in [3.05, 3.63) is 84.4 Å². The molecule has 1 N–H and O–H groups in total. The van der Waals surface area contributed by atoms with Gasteiger partial charge < -0.3 is 14.2 Å². The molecule has 1 unspecified atom stereocenters. The Morgan fingerprint density at radius 3 is 1.68 bits per heavy atom. The van der Waals surface area contributed by atoms with Crippen molar-refractivity contribution in [2.24, 2.45) is 0 Å². The second-order valence-electron chi connectivity index (χ2n) is 9.50. The summed E-state index contributed by atoms with van der Waals surface area (Å²) >= 11 is 0. The molecule has 1 saturated heterocycles. The van der Waals surface area contributed by atoms with E-state index in [1.807, 2.05) is 0 Å². The molecule has 0 aromatic heterocycles. The minimum atomic E-state index is -6.08. The van der Waals surface area contributed by atoms with E-state index < -0.39 is 74.8 Å². The molecule has 44 heavy (non-hydrogen) atoms. The van der Waals surface area contributed by atoms with Crippen LogP contribution in [0.4, 0.5) is 35.1 Å². The van der Waals surface area contributed by atoms with Crippen molar-refractivity contribution < 1.29 is 67.1 Å². The van der Waals surface area contributed by atoms with E-state index in [9.17, 15) is 48.3 Å². The van der Waals surface area contributed by atoms with Gasteiger partial charge in [0, 0.05) is 5.56 Å². The Balaban J connectivity index is 1.64. The van der Waals surface area contributed by atoms with Crippen LogP contribution >= 0.6 is 0 Å². The second-order valence-corrected chi connectivity index (χ2v) is 13.0. The van der Waals surface area contributed by atoms with Crippen LogP contribution in [0, 0.1) is 0 Å². The van der Waals surface area contributed by atoms with Crippen LogP contribution in [0.25, 0.3) is 0 Å². The van der Waals surface area contributed by atoms with Crippen molar-refractivity contribution in [1.82, 2.24) is 0 Å². The summed E-state index contributed by atoms with van der Waals surface area (Å²) in [7, 11) is -7.06. The molecule has 238 valence electrons. The Labute approximate surface area is 247 Å². The summed E-state index contributed by atoms with van der Waals surface area (Å²) in [5, 5.41) is -5.21. The van der Waals surface area contributed by atoms with Crippen LogP contribution in [0.1, 0.15) is 12.5 Å². The minimum absolute atomic E-state index is 0.0447. The van der Waals surface area contributed by atoms with Gasteiger partial charge in [0.15, 0.2) is 20.5 Å². The quantitative estimate of drug-likeness (QED) is 0.104. The lowest BCUT2D eigenvalue weighted by atomic mass is 10.0. The van der Waals surface area contributed by atoms with E-state index >= 15 is 0 Å². The third-order valence-corrected chi connectivity index (χ3v) is 9.45. The normalized spacial score (nSPS) is 20.1. The van der Waals surface area contributed by atoms with Crippen LogP contribution in [0.15, 0.2) is 93.5 Å². The van der Waals surface area contributed by atoms with Gasteiger partial charge in [0.25, 0.3) is 0 Å². The molecule has 1 fully saturated rings. The number of alkyl halides is 8. The maximum absolute atomic E-state index is 14.0. The van der Waals surface area contributed by atoms with E-state index in [1.54, 1.807) is 30.3 Å². The summed E-state index contributed by atoms with van der Waals surface area (Å²) in [5.74, 6) is -21.4. The fourth-order valence-electron chi connectivity index (χ4n) is 3.89. The number of halogens is 8. The number of hydrogen-bond acceptors (Lipinski definition) is 6. The highest BCUT2D eigenvalue weighted by Crippen LogP contribution is 2.49. The molecule has 7 nitrogen and oxygen atoms in total. The Bertz CT molecular complexity index is 1580. The Morgan fingerprint density at radius 2 is 1.23 bits per heavy atom. The molecule has 17 heteroatoms. The molecule has 0 amide bonds.